The van der Waals surface area contributed by atoms with E-state index in [0.29, 0.717) is 6.07 Å². The second-order valence-electron chi connectivity index (χ2n) is 7.96. The number of alkyl halides is 3. The summed E-state index contributed by atoms with van der Waals surface area (Å²) in [4.78, 5) is 27.3. The van der Waals surface area contributed by atoms with Gasteiger partial charge in [-0.3, -0.25) is 14.5 Å². The van der Waals surface area contributed by atoms with Gasteiger partial charge < -0.3 is 14.6 Å². The van der Waals surface area contributed by atoms with E-state index in [4.69, 9.17) is 21.1 Å². The normalized spacial score (nSPS) is 17.3. The first-order chi connectivity index (χ1) is 17.5. The SMILES string of the molecule is COc1cc(/C(O)=C2\C(=O)C(=O)N(c3cccc(C(F)(F)F)c3)C2c2ccc(F)cc2)c(OC)cc1Cl. The summed E-state index contributed by atoms with van der Waals surface area (Å²) in [6, 6.07) is 9.72. The molecule has 3 aromatic rings. The maximum absolute atomic E-state index is 13.7. The van der Waals surface area contributed by atoms with E-state index in [2.05, 4.69) is 0 Å². The van der Waals surface area contributed by atoms with Crippen molar-refractivity contribution >= 4 is 34.7 Å². The van der Waals surface area contributed by atoms with Crippen LogP contribution in [0.15, 0.2) is 66.2 Å². The Bertz CT molecular complexity index is 1420. The standard InChI is InChI=1S/C26H18ClF4NO5/c1-36-19-12-18(27)20(37-2)11-17(19)23(33)21-22(13-6-8-15(28)9-7-13)32(25(35)24(21)34)16-5-3-4-14(10-16)26(29,30)31/h3-12,22,33H,1-2H3/b23-21+. The van der Waals surface area contributed by atoms with Gasteiger partial charge in [0, 0.05) is 11.8 Å². The number of hydrogen-bond donors (Lipinski definition) is 1. The molecule has 0 bridgehead atoms. The number of amides is 1. The van der Waals surface area contributed by atoms with E-state index in [0.717, 1.165) is 29.2 Å². The van der Waals surface area contributed by atoms with Gasteiger partial charge in [-0.25, -0.2) is 4.39 Å². The molecule has 1 aliphatic rings. The van der Waals surface area contributed by atoms with Crippen molar-refractivity contribution in [3.63, 3.8) is 0 Å². The molecular formula is C26H18ClF4NO5. The van der Waals surface area contributed by atoms with Gasteiger partial charge in [-0.15, -0.1) is 0 Å². The largest absolute Gasteiger partial charge is 0.507 e. The summed E-state index contributed by atoms with van der Waals surface area (Å²) in [5.41, 5.74) is -1.63. The van der Waals surface area contributed by atoms with E-state index in [1.165, 1.54) is 44.6 Å². The van der Waals surface area contributed by atoms with Gasteiger partial charge >= 0.3 is 6.18 Å². The number of aliphatic hydroxyl groups is 1. The fourth-order valence-electron chi connectivity index (χ4n) is 4.08. The topological polar surface area (TPSA) is 76.1 Å². The number of methoxy groups -OCH3 is 2. The molecule has 37 heavy (non-hydrogen) atoms. The minimum absolute atomic E-state index is 0.0337. The molecule has 1 unspecified atom stereocenters. The fourth-order valence-corrected chi connectivity index (χ4v) is 4.31. The van der Waals surface area contributed by atoms with Crippen LogP contribution in [-0.4, -0.2) is 31.0 Å². The number of halogens is 5. The minimum atomic E-state index is -4.72. The van der Waals surface area contributed by atoms with Gasteiger partial charge in [0.2, 0.25) is 0 Å². The summed E-state index contributed by atoms with van der Waals surface area (Å²) in [7, 11) is 2.61. The Morgan fingerprint density at radius 2 is 1.62 bits per heavy atom. The average Bonchev–Trinajstić information content (AvgIpc) is 3.13. The Morgan fingerprint density at radius 3 is 2.22 bits per heavy atom. The van der Waals surface area contributed by atoms with Crippen molar-refractivity contribution in [3.8, 4) is 11.5 Å². The Labute approximate surface area is 213 Å². The van der Waals surface area contributed by atoms with E-state index in [1.807, 2.05) is 0 Å². The Balaban J connectivity index is 2.00. The van der Waals surface area contributed by atoms with Crippen molar-refractivity contribution in [2.45, 2.75) is 12.2 Å². The highest BCUT2D eigenvalue weighted by atomic mass is 35.5. The van der Waals surface area contributed by atoms with Crippen LogP contribution in [0, 0.1) is 5.82 Å². The number of nitrogens with zero attached hydrogens (tertiary/aromatic N) is 1. The third-order valence-electron chi connectivity index (χ3n) is 5.81. The van der Waals surface area contributed by atoms with Gasteiger partial charge in [-0.2, -0.15) is 13.2 Å². The van der Waals surface area contributed by atoms with Gasteiger partial charge in [-0.1, -0.05) is 29.8 Å². The zero-order chi connectivity index (χ0) is 27.1. The third kappa shape index (κ3) is 4.72. The summed E-state index contributed by atoms with van der Waals surface area (Å²) in [5, 5.41) is 11.4. The lowest BCUT2D eigenvalue weighted by atomic mass is 9.94. The van der Waals surface area contributed by atoms with Crippen LogP contribution >= 0.6 is 11.6 Å². The number of benzene rings is 3. The highest BCUT2D eigenvalue weighted by molar-refractivity contribution is 6.51. The van der Waals surface area contributed by atoms with Gasteiger partial charge in [0.1, 0.15) is 23.1 Å². The van der Waals surface area contributed by atoms with E-state index in [-0.39, 0.29) is 33.3 Å². The summed E-state index contributed by atoms with van der Waals surface area (Å²) < 4.78 is 64.4. The number of rotatable bonds is 5. The van der Waals surface area contributed by atoms with Crippen LogP contribution in [0.3, 0.4) is 0 Å². The van der Waals surface area contributed by atoms with Crippen molar-refractivity contribution in [2.75, 3.05) is 19.1 Å². The van der Waals surface area contributed by atoms with Crippen LogP contribution in [0.25, 0.3) is 5.76 Å². The molecule has 1 heterocycles. The second kappa shape index (κ2) is 9.78. The van der Waals surface area contributed by atoms with Crippen molar-refractivity contribution in [1.29, 1.82) is 0 Å². The third-order valence-corrected chi connectivity index (χ3v) is 6.11. The van der Waals surface area contributed by atoms with E-state index < -0.39 is 46.6 Å². The molecule has 1 atom stereocenters. The van der Waals surface area contributed by atoms with E-state index >= 15 is 0 Å². The fraction of sp³-hybridized carbons (Fsp3) is 0.154. The average molecular weight is 536 g/mol. The van der Waals surface area contributed by atoms with Gasteiger partial charge in [0.05, 0.1) is 42.0 Å². The number of Topliss-reactive ketones (excluding diaryl/α,β-unsaturated/α-hetero) is 1. The molecule has 0 aliphatic carbocycles. The molecule has 11 heteroatoms. The predicted molar refractivity (Wildman–Crippen MR) is 127 cm³/mol. The molecule has 3 aromatic carbocycles. The minimum Gasteiger partial charge on any atom is -0.507 e. The Hall–Kier alpha value is -4.05. The summed E-state index contributed by atoms with van der Waals surface area (Å²) in [6.45, 7) is 0. The lowest BCUT2D eigenvalue weighted by Crippen LogP contribution is -2.29. The first-order valence-corrected chi connectivity index (χ1v) is 11.0. The number of ether oxygens (including phenoxy) is 2. The zero-order valence-corrected chi connectivity index (χ0v) is 20.0. The first kappa shape index (κ1) is 26.0. The van der Waals surface area contributed by atoms with Crippen molar-refractivity contribution in [2.24, 2.45) is 0 Å². The number of hydrogen-bond acceptors (Lipinski definition) is 5. The Kier molecular flexibility index (Phi) is 6.88. The molecule has 1 amide bonds. The molecule has 1 fully saturated rings. The molecule has 0 saturated carbocycles. The van der Waals surface area contributed by atoms with Crippen molar-refractivity contribution < 1.29 is 41.7 Å². The molecule has 1 aliphatic heterocycles. The first-order valence-electron chi connectivity index (χ1n) is 10.6. The van der Waals surface area contributed by atoms with Crippen molar-refractivity contribution in [3.05, 3.63) is 93.8 Å². The lowest BCUT2D eigenvalue weighted by molar-refractivity contribution is -0.137. The summed E-state index contributed by atoms with van der Waals surface area (Å²) in [6.07, 6.45) is -4.72. The molecule has 4 rings (SSSR count). The molecule has 6 nitrogen and oxygen atoms in total. The maximum atomic E-state index is 13.7. The number of aliphatic hydroxyl groups excluding tert-OH is 1. The lowest BCUT2D eigenvalue weighted by Gasteiger charge is -2.26. The molecule has 1 saturated heterocycles. The molecule has 192 valence electrons. The highest BCUT2D eigenvalue weighted by Crippen LogP contribution is 2.45. The quantitative estimate of drug-likeness (QED) is 0.184. The molecule has 0 spiro atoms. The van der Waals surface area contributed by atoms with E-state index in [9.17, 15) is 32.3 Å². The zero-order valence-electron chi connectivity index (χ0n) is 19.3. The molecule has 0 radical (unpaired) electrons. The van der Waals surface area contributed by atoms with Crippen LogP contribution < -0.4 is 14.4 Å². The maximum Gasteiger partial charge on any atom is 0.416 e. The highest BCUT2D eigenvalue weighted by Gasteiger charge is 2.47. The van der Waals surface area contributed by atoms with E-state index in [1.54, 1.807) is 0 Å². The number of ketones is 1. The Morgan fingerprint density at radius 1 is 0.973 bits per heavy atom. The number of carbonyl (C=O) groups excluding carboxylic acids is 2. The molecule has 0 aromatic heterocycles. The second-order valence-corrected chi connectivity index (χ2v) is 8.36. The molecule has 1 N–H and O–H groups in total. The smallest absolute Gasteiger partial charge is 0.416 e. The summed E-state index contributed by atoms with van der Waals surface area (Å²) >= 11 is 6.13. The number of carbonyl (C=O) groups is 2. The summed E-state index contributed by atoms with van der Waals surface area (Å²) in [5.74, 6) is -3.51. The van der Waals surface area contributed by atoms with Crippen molar-refractivity contribution in [1.82, 2.24) is 0 Å². The van der Waals surface area contributed by atoms with Gasteiger partial charge in [0.15, 0.2) is 0 Å². The molecular weight excluding hydrogens is 518 g/mol. The predicted octanol–water partition coefficient (Wildman–Crippen LogP) is 6.14. The monoisotopic (exact) mass is 535 g/mol. The van der Waals surface area contributed by atoms with Crippen LogP contribution in [0.2, 0.25) is 5.02 Å². The van der Waals surface area contributed by atoms with Gasteiger partial charge in [0.25, 0.3) is 11.7 Å². The van der Waals surface area contributed by atoms with Gasteiger partial charge in [-0.05, 0) is 42.0 Å². The van der Waals surface area contributed by atoms with Crippen LogP contribution in [0.5, 0.6) is 11.5 Å². The number of anilines is 1. The van der Waals surface area contributed by atoms with Crippen LogP contribution in [-0.2, 0) is 15.8 Å². The van der Waals surface area contributed by atoms with Crippen LogP contribution in [0.4, 0.5) is 23.2 Å². The van der Waals surface area contributed by atoms with Crippen LogP contribution in [0.1, 0.15) is 22.7 Å².